The Hall–Kier alpha value is -1.60. The lowest BCUT2D eigenvalue weighted by atomic mass is 9.89. The van der Waals surface area contributed by atoms with Crippen LogP contribution in [0.15, 0.2) is 48.5 Å². The molecule has 0 amide bonds. The highest BCUT2D eigenvalue weighted by Gasteiger charge is 2.19. The molecule has 19 heavy (non-hydrogen) atoms. The Labute approximate surface area is 115 Å². The summed E-state index contributed by atoms with van der Waals surface area (Å²) in [5, 5.41) is 0. The van der Waals surface area contributed by atoms with E-state index >= 15 is 0 Å². The van der Waals surface area contributed by atoms with Crippen LogP contribution in [0.2, 0.25) is 0 Å². The molecule has 1 nitrogen and oxygen atoms in total. The van der Waals surface area contributed by atoms with Crippen LogP contribution in [0, 0.1) is 6.92 Å². The Balaban J connectivity index is 1.69. The van der Waals surface area contributed by atoms with Crippen molar-refractivity contribution in [2.45, 2.75) is 38.9 Å². The molecule has 0 bridgehead atoms. The molecule has 1 atom stereocenters. The summed E-state index contributed by atoms with van der Waals surface area (Å²) < 4.78 is 6.14. The van der Waals surface area contributed by atoms with Gasteiger partial charge in [-0.05, 0) is 42.9 Å². The predicted octanol–water partition coefficient (Wildman–Crippen LogP) is 4.59. The van der Waals surface area contributed by atoms with Crippen LogP contribution in [0.25, 0.3) is 0 Å². The van der Waals surface area contributed by atoms with Crippen molar-refractivity contribution >= 4 is 0 Å². The number of aryl methyl sites for hydroxylation is 2. The molecule has 98 valence electrons. The van der Waals surface area contributed by atoms with Gasteiger partial charge in [-0.1, -0.05) is 54.1 Å². The molecule has 0 radical (unpaired) electrons. The summed E-state index contributed by atoms with van der Waals surface area (Å²) in [5.41, 5.74) is 5.41. The van der Waals surface area contributed by atoms with Gasteiger partial charge in [0, 0.05) is 0 Å². The number of rotatable bonds is 3. The highest BCUT2D eigenvalue weighted by molar-refractivity contribution is 5.31. The zero-order valence-corrected chi connectivity index (χ0v) is 11.4. The fourth-order valence-corrected chi connectivity index (χ4v) is 2.76. The molecule has 3 rings (SSSR count). The van der Waals surface area contributed by atoms with E-state index in [2.05, 4.69) is 55.5 Å². The molecule has 0 fully saturated rings. The van der Waals surface area contributed by atoms with E-state index in [1.807, 2.05) is 0 Å². The van der Waals surface area contributed by atoms with E-state index in [4.69, 9.17) is 4.74 Å². The first-order valence-corrected chi connectivity index (χ1v) is 7.08. The first-order valence-electron chi connectivity index (χ1n) is 7.08. The minimum absolute atomic E-state index is 0.270. The zero-order valence-electron chi connectivity index (χ0n) is 11.4. The molecule has 1 unspecified atom stereocenters. The van der Waals surface area contributed by atoms with Gasteiger partial charge in [-0.15, -0.1) is 0 Å². The van der Waals surface area contributed by atoms with Gasteiger partial charge in [0.05, 0.1) is 12.7 Å². The Morgan fingerprint density at radius 3 is 2.68 bits per heavy atom. The second kappa shape index (κ2) is 5.58. The smallest absolute Gasteiger partial charge is 0.0832 e. The Bertz CT molecular complexity index is 542. The zero-order chi connectivity index (χ0) is 13.1. The maximum atomic E-state index is 6.14. The summed E-state index contributed by atoms with van der Waals surface area (Å²) in [6.07, 6.45) is 3.84. The molecule has 0 heterocycles. The molecule has 0 aromatic heterocycles. The van der Waals surface area contributed by atoms with Crippen LogP contribution in [-0.4, -0.2) is 0 Å². The lowest BCUT2D eigenvalue weighted by Crippen LogP contribution is -2.12. The molecule has 2 aromatic rings. The maximum Gasteiger partial charge on any atom is 0.0832 e. The SMILES string of the molecule is Cc1ccc(COC2CCCc3ccccc32)cc1. The monoisotopic (exact) mass is 252 g/mol. The molecular formula is C18H20O. The quantitative estimate of drug-likeness (QED) is 0.776. The van der Waals surface area contributed by atoms with E-state index in [0.29, 0.717) is 6.61 Å². The minimum Gasteiger partial charge on any atom is -0.369 e. The topological polar surface area (TPSA) is 9.23 Å². The van der Waals surface area contributed by atoms with Crippen molar-refractivity contribution in [3.63, 3.8) is 0 Å². The van der Waals surface area contributed by atoms with E-state index < -0.39 is 0 Å². The van der Waals surface area contributed by atoms with Crippen molar-refractivity contribution in [2.75, 3.05) is 0 Å². The van der Waals surface area contributed by atoms with E-state index in [1.165, 1.54) is 35.1 Å². The summed E-state index contributed by atoms with van der Waals surface area (Å²) in [6, 6.07) is 17.3. The van der Waals surface area contributed by atoms with Crippen molar-refractivity contribution in [3.05, 3.63) is 70.8 Å². The molecular weight excluding hydrogens is 232 g/mol. The summed E-state index contributed by atoms with van der Waals surface area (Å²) in [4.78, 5) is 0. The second-order valence-corrected chi connectivity index (χ2v) is 5.38. The van der Waals surface area contributed by atoms with Crippen molar-refractivity contribution in [2.24, 2.45) is 0 Å². The summed E-state index contributed by atoms with van der Waals surface area (Å²) in [6.45, 7) is 2.82. The Kier molecular flexibility index (Phi) is 3.65. The molecule has 0 aliphatic heterocycles. The number of ether oxygens (including phenoxy) is 1. The fraction of sp³-hybridized carbons (Fsp3) is 0.333. The molecule has 0 spiro atoms. The average Bonchev–Trinajstić information content (AvgIpc) is 2.47. The van der Waals surface area contributed by atoms with Crippen LogP contribution in [0.4, 0.5) is 0 Å². The van der Waals surface area contributed by atoms with Gasteiger partial charge in [-0.25, -0.2) is 0 Å². The Morgan fingerprint density at radius 2 is 1.84 bits per heavy atom. The van der Waals surface area contributed by atoms with Gasteiger partial charge in [-0.3, -0.25) is 0 Å². The highest BCUT2D eigenvalue weighted by Crippen LogP contribution is 2.32. The maximum absolute atomic E-state index is 6.14. The van der Waals surface area contributed by atoms with Crippen molar-refractivity contribution in [1.29, 1.82) is 0 Å². The third-order valence-electron chi connectivity index (χ3n) is 3.89. The lowest BCUT2D eigenvalue weighted by molar-refractivity contribution is 0.0283. The van der Waals surface area contributed by atoms with Crippen LogP contribution in [0.1, 0.15) is 41.2 Å². The molecule has 0 N–H and O–H groups in total. The number of hydrogen-bond donors (Lipinski definition) is 0. The predicted molar refractivity (Wildman–Crippen MR) is 78.1 cm³/mol. The third-order valence-corrected chi connectivity index (χ3v) is 3.89. The molecule has 1 aliphatic rings. The summed E-state index contributed by atoms with van der Waals surface area (Å²) >= 11 is 0. The van der Waals surface area contributed by atoms with Gasteiger partial charge >= 0.3 is 0 Å². The van der Waals surface area contributed by atoms with Crippen LogP contribution < -0.4 is 0 Å². The van der Waals surface area contributed by atoms with E-state index in [9.17, 15) is 0 Å². The minimum atomic E-state index is 0.270. The average molecular weight is 252 g/mol. The number of benzene rings is 2. The fourth-order valence-electron chi connectivity index (χ4n) is 2.76. The van der Waals surface area contributed by atoms with Crippen molar-refractivity contribution in [1.82, 2.24) is 0 Å². The number of fused-ring (bicyclic) bond motifs is 1. The molecule has 2 aromatic carbocycles. The summed E-state index contributed by atoms with van der Waals surface area (Å²) in [5.74, 6) is 0. The van der Waals surface area contributed by atoms with Gasteiger partial charge in [0.25, 0.3) is 0 Å². The molecule has 1 aliphatic carbocycles. The van der Waals surface area contributed by atoms with E-state index in [0.717, 1.165) is 6.42 Å². The van der Waals surface area contributed by atoms with Gasteiger partial charge in [0.15, 0.2) is 0 Å². The first kappa shape index (κ1) is 12.4. The molecule has 0 saturated carbocycles. The normalized spacial score (nSPS) is 18.1. The van der Waals surface area contributed by atoms with Crippen LogP contribution in [0.3, 0.4) is 0 Å². The lowest BCUT2D eigenvalue weighted by Gasteiger charge is -2.25. The van der Waals surface area contributed by atoms with Crippen molar-refractivity contribution < 1.29 is 4.74 Å². The standard InChI is InChI=1S/C18H20O/c1-14-9-11-15(12-10-14)13-19-18-8-4-6-16-5-2-3-7-17(16)18/h2-3,5,7,9-12,18H,4,6,8,13H2,1H3. The van der Waals surface area contributed by atoms with Crippen LogP contribution >= 0.6 is 0 Å². The largest absolute Gasteiger partial charge is 0.369 e. The van der Waals surface area contributed by atoms with Gasteiger partial charge in [0.1, 0.15) is 0 Å². The van der Waals surface area contributed by atoms with Gasteiger partial charge in [0.2, 0.25) is 0 Å². The van der Waals surface area contributed by atoms with Crippen molar-refractivity contribution in [3.8, 4) is 0 Å². The summed E-state index contributed by atoms with van der Waals surface area (Å²) in [7, 11) is 0. The Morgan fingerprint density at radius 1 is 1.05 bits per heavy atom. The van der Waals surface area contributed by atoms with E-state index in [1.54, 1.807) is 0 Å². The third kappa shape index (κ3) is 2.87. The molecule has 0 saturated heterocycles. The van der Waals surface area contributed by atoms with Crippen LogP contribution in [0.5, 0.6) is 0 Å². The van der Waals surface area contributed by atoms with Crippen LogP contribution in [-0.2, 0) is 17.8 Å². The van der Waals surface area contributed by atoms with E-state index in [-0.39, 0.29) is 6.10 Å². The molecule has 1 heteroatoms. The second-order valence-electron chi connectivity index (χ2n) is 5.38. The number of hydrogen-bond acceptors (Lipinski definition) is 1. The highest BCUT2D eigenvalue weighted by atomic mass is 16.5. The van der Waals surface area contributed by atoms with Gasteiger partial charge < -0.3 is 4.74 Å². The van der Waals surface area contributed by atoms with Gasteiger partial charge in [-0.2, -0.15) is 0 Å². The first-order chi connectivity index (χ1) is 9.33.